The molecule has 1 aliphatic carbocycles. The molecule has 1 aromatic carbocycles. The number of hydrogen-bond donors (Lipinski definition) is 1. The number of anilines is 1. The van der Waals surface area contributed by atoms with Crippen LogP contribution < -0.4 is 5.32 Å². The number of esters is 1. The molecule has 1 saturated carbocycles. The third-order valence-electron chi connectivity index (χ3n) is 5.34. The number of nitrogens with zero attached hydrogens (tertiary/aromatic N) is 1. The highest BCUT2D eigenvalue weighted by Crippen LogP contribution is 2.28. The topological polar surface area (TPSA) is 102 Å². The number of rotatable bonds is 7. The second-order valence-electron chi connectivity index (χ2n) is 7.52. The number of morpholine rings is 1. The Balaban J connectivity index is 1.53. The number of nitrogens with one attached hydrogen (secondary N) is 1. The summed E-state index contributed by atoms with van der Waals surface area (Å²) in [6.07, 6.45) is 3.80. The summed E-state index contributed by atoms with van der Waals surface area (Å²) < 4.78 is 37.0. The predicted molar refractivity (Wildman–Crippen MR) is 107 cm³/mol. The molecule has 1 atom stereocenters. The standard InChI is InChI=1S/C20H28N2O6S/c1-15(28-19(23)14-16-4-2-3-5-16)20(24)21-17-6-8-18(9-7-17)29(25,26)22-10-12-27-13-11-22/h6-9,15-16H,2-5,10-14H2,1H3,(H,21,24)/t15-/m1/s1. The van der Waals surface area contributed by atoms with Gasteiger partial charge in [0.2, 0.25) is 10.0 Å². The van der Waals surface area contributed by atoms with Crippen molar-refractivity contribution < 1.29 is 27.5 Å². The van der Waals surface area contributed by atoms with Gasteiger partial charge in [0.05, 0.1) is 18.1 Å². The molecule has 1 N–H and O–H groups in total. The number of amides is 1. The molecule has 1 aromatic rings. The fourth-order valence-corrected chi connectivity index (χ4v) is 5.05. The number of sulfonamides is 1. The van der Waals surface area contributed by atoms with Crippen molar-refractivity contribution in [3.05, 3.63) is 24.3 Å². The largest absolute Gasteiger partial charge is 0.453 e. The average Bonchev–Trinajstić information content (AvgIpc) is 3.22. The summed E-state index contributed by atoms with van der Waals surface area (Å²) in [5, 5.41) is 2.65. The van der Waals surface area contributed by atoms with Gasteiger partial charge >= 0.3 is 5.97 Å². The van der Waals surface area contributed by atoms with Gasteiger partial charge in [0.15, 0.2) is 6.10 Å². The number of benzene rings is 1. The van der Waals surface area contributed by atoms with E-state index in [9.17, 15) is 18.0 Å². The SMILES string of the molecule is C[C@@H](OC(=O)CC1CCCC1)C(=O)Nc1ccc(S(=O)(=O)N2CCOCC2)cc1. The zero-order valence-electron chi connectivity index (χ0n) is 16.6. The van der Waals surface area contributed by atoms with Crippen LogP contribution in [0.2, 0.25) is 0 Å². The molecule has 29 heavy (non-hydrogen) atoms. The number of carbonyl (C=O) groups is 2. The molecule has 8 nitrogen and oxygen atoms in total. The average molecular weight is 425 g/mol. The summed E-state index contributed by atoms with van der Waals surface area (Å²) in [5.74, 6) is -0.446. The smallest absolute Gasteiger partial charge is 0.306 e. The molecule has 160 valence electrons. The Morgan fingerprint density at radius 1 is 1.17 bits per heavy atom. The molecule has 3 rings (SSSR count). The summed E-state index contributed by atoms with van der Waals surface area (Å²) in [7, 11) is -3.58. The quantitative estimate of drug-likeness (QED) is 0.673. The minimum absolute atomic E-state index is 0.161. The molecule has 0 radical (unpaired) electrons. The van der Waals surface area contributed by atoms with Crippen molar-refractivity contribution in [3.8, 4) is 0 Å². The van der Waals surface area contributed by atoms with Crippen molar-refractivity contribution in [2.75, 3.05) is 31.6 Å². The zero-order valence-corrected chi connectivity index (χ0v) is 17.4. The highest BCUT2D eigenvalue weighted by molar-refractivity contribution is 7.89. The molecule has 1 heterocycles. The number of carbonyl (C=O) groups excluding carboxylic acids is 2. The second kappa shape index (κ2) is 9.69. The molecule has 0 bridgehead atoms. The van der Waals surface area contributed by atoms with Crippen molar-refractivity contribution in [3.63, 3.8) is 0 Å². The third kappa shape index (κ3) is 5.77. The first-order valence-corrected chi connectivity index (χ1v) is 11.5. The van der Waals surface area contributed by atoms with E-state index in [0.29, 0.717) is 44.3 Å². The fraction of sp³-hybridized carbons (Fsp3) is 0.600. The molecular formula is C20H28N2O6S. The van der Waals surface area contributed by atoms with Crippen molar-refractivity contribution in [2.24, 2.45) is 5.92 Å². The summed E-state index contributed by atoms with van der Waals surface area (Å²) in [5.41, 5.74) is 0.439. The molecule has 1 aliphatic heterocycles. The van der Waals surface area contributed by atoms with Crippen molar-refractivity contribution in [1.29, 1.82) is 0 Å². The Hall–Kier alpha value is -1.97. The Morgan fingerprint density at radius 3 is 2.41 bits per heavy atom. The number of ether oxygens (including phenoxy) is 2. The van der Waals surface area contributed by atoms with Crippen molar-refractivity contribution >= 4 is 27.6 Å². The highest BCUT2D eigenvalue weighted by atomic mass is 32.2. The van der Waals surface area contributed by atoms with Gasteiger partial charge in [-0.1, -0.05) is 12.8 Å². The van der Waals surface area contributed by atoms with Crippen LogP contribution in [-0.4, -0.2) is 57.0 Å². The molecule has 1 amide bonds. The molecule has 1 saturated heterocycles. The molecule has 0 aromatic heterocycles. The van der Waals surface area contributed by atoms with Gasteiger partial charge in [0, 0.05) is 25.2 Å². The molecule has 2 fully saturated rings. The van der Waals surface area contributed by atoms with Gasteiger partial charge in [0.1, 0.15) is 0 Å². The van der Waals surface area contributed by atoms with Crippen molar-refractivity contribution in [2.45, 2.75) is 50.0 Å². The molecule has 0 spiro atoms. The summed E-state index contributed by atoms with van der Waals surface area (Å²) >= 11 is 0. The Morgan fingerprint density at radius 2 is 1.79 bits per heavy atom. The molecule has 2 aliphatic rings. The van der Waals surface area contributed by atoms with E-state index in [0.717, 1.165) is 25.7 Å². The Bertz CT molecular complexity index is 812. The van der Waals surface area contributed by atoms with E-state index in [1.807, 2.05) is 0 Å². The molecule has 0 unspecified atom stereocenters. The van der Waals surface area contributed by atoms with Gasteiger partial charge in [-0.3, -0.25) is 9.59 Å². The van der Waals surface area contributed by atoms with E-state index < -0.39 is 22.0 Å². The predicted octanol–water partition coefficient (Wildman–Crippen LogP) is 2.16. The van der Waals surface area contributed by atoms with E-state index in [-0.39, 0.29) is 10.9 Å². The summed E-state index contributed by atoms with van der Waals surface area (Å²) in [6, 6.07) is 5.96. The van der Waals surface area contributed by atoms with Gasteiger partial charge in [-0.05, 0) is 49.9 Å². The van der Waals surface area contributed by atoms with Gasteiger partial charge < -0.3 is 14.8 Å². The van der Waals surface area contributed by atoms with Crippen LogP contribution in [0.3, 0.4) is 0 Å². The normalized spacial score (nSPS) is 19.6. The zero-order chi connectivity index (χ0) is 20.9. The lowest BCUT2D eigenvalue weighted by molar-refractivity contribution is -0.154. The maximum Gasteiger partial charge on any atom is 0.306 e. The van der Waals surface area contributed by atoms with Crippen LogP contribution in [0.5, 0.6) is 0 Å². The van der Waals surface area contributed by atoms with Crippen LogP contribution in [0.15, 0.2) is 29.2 Å². The van der Waals surface area contributed by atoms with Gasteiger partial charge in [-0.2, -0.15) is 4.31 Å². The minimum Gasteiger partial charge on any atom is -0.453 e. The second-order valence-corrected chi connectivity index (χ2v) is 9.45. The fourth-order valence-electron chi connectivity index (χ4n) is 3.64. The van der Waals surface area contributed by atoms with Crippen LogP contribution in [0.25, 0.3) is 0 Å². The van der Waals surface area contributed by atoms with E-state index >= 15 is 0 Å². The maximum atomic E-state index is 12.6. The lowest BCUT2D eigenvalue weighted by Crippen LogP contribution is -2.40. The van der Waals surface area contributed by atoms with Crippen LogP contribution in [0.1, 0.15) is 39.0 Å². The maximum absolute atomic E-state index is 12.6. The van der Waals surface area contributed by atoms with Gasteiger partial charge in [-0.15, -0.1) is 0 Å². The summed E-state index contributed by atoms with van der Waals surface area (Å²) in [6.45, 7) is 2.93. The molecular weight excluding hydrogens is 396 g/mol. The molecule has 9 heteroatoms. The Kier molecular flexibility index (Phi) is 7.26. The lowest BCUT2D eigenvalue weighted by Gasteiger charge is -2.26. The van der Waals surface area contributed by atoms with Crippen molar-refractivity contribution in [1.82, 2.24) is 4.31 Å². The Labute approximate surface area is 171 Å². The van der Waals surface area contributed by atoms with E-state index in [2.05, 4.69) is 5.32 Å². The van der Waals surface area contributed by atoms with Crippen LogP contribution in [0, 0.1) is 5.92 Å². The lowest BCUT2D eigenvalue weighted by atomic mass is 10.0. The summed E-state index contributed by atoms with van der Waals surface area (Å²) in [4.78, 5) is 24.4. The minimum atomic E-state index is -3.58. The first-order valence-electron chi connectivity index (χ1n) is 10.0. The van der Waals surface area contributed by atoms with Crippen LogP contribution in [-0.2, 0) is 29.1 Å². The van der Waals surface area contributed by atoms with E-state index in [1.54, 1.807) is 0 Å². The highest BCUT2D eigenvalue weighted by Gasteiger charge is 2.26. The van der Waals surface area contributed by atoms with Crippen LogP contribution in [0.4, 0.5) is 5.69 Å². The van der Waals surface area contributed by atoms with Gasteiger partial charge in [0.25, 0.3) is 5.91 Å². The monoisotopic (exact) mass is 424 g/mol. The third-order valence-corrected chi connectivity index (χ3v) is 7.25. The number of hydrogen-bond acceptors (Lipinski definition) is 6. The first kappa shape index (κ1) is 21.7. The van der Waals surface area contributed by atoms with Crippen LogP contribution >= 0.6 is 0 Å². The van der Waals surface area contributed by atoms with E-state index in [1.165, 1.54) is 35.5 Å². The first-order chi connectivity index (χ1) is 13.9. The van der Waals surface area contributed by atoms with Gasteiger partial charge in [-0.25, -0.2) is 8.42 Å². The van der Waals surface area contributed by atoms with E-state index in [4.69, 9.17) is 9.47 Å².